The largest absolute Gasteiger partial charge is 0.496 e. The molecule has 184 valence electrons. The Bertz CT molecular complexity index is 1210. The Morgan fingerprint density at radius 1 is 1.31 bits per heavy atom. The monoisotopic (exact) mass is 479 g/mol. The van der Waals surface area contributed by atoms with Crippen LogP contribution in [-0.2, 0) is 9.59 Å². The van der Waals surface area contributed by atoms with E-state index in [9.17, 15) is 18.8 Å². The molecular formula is C27H30FN3O4. The van der Waals surface area contributed by atoms with Crippen LogP contribution in [0.1, 0.15) is 55.4 Å². The maximum atomic E-state index is 14.4. The number of hydrogen-bond acceptors (Lipinski definition) is 4. The Morgan fingerprint density at radius 3 is 2.86 bits per heavy atom. The number of aromatic amines is 1. The number of H-pyrrole nitrogens is 1. The maximum absolute atomic E-state index is 14.4. The van der Waals surface area contributed by atoms with Crippen LogP contribution in [0.3, 0.4) is 0 Å². The molecule has 2 N–H and O–H groups in total. The summed E-state index contributed by atoms with van der Waals surface area (Å²) in [6.45, 7) is 0.471. The first-order valence-electron chi connectivity index (χ1n) is 12.4. The lowest BCUT2D eigenvalue weighted by Crippen LogP contribution is -2.51. The number of rotatable bonds is 6. The number of halogens is 1. The van der Waals surface area contributed by atoms with Crippen LogP contribution in [0, 0.1) is 35.9 Å². The number of benzene rings is 1. The van der Waals surface area contributed by atoms with Crippen LogP contribution >= 0.6 is 0 Å². The first-order chi connectivity index (χ1) is 16.9. The summed E-state index contributed by atoms with van der Waals surface area (Å²) in [5.74, 6) is 2.37. The molecular weight excluding hydrogens is 449 g/mol. The van der Waals surface area contributed by atoms with Crippen LogP contribution < -0.4 is 10.1 Å². The van der Waals surface area contributed by atoms with E-state index in [1.54, 1.807) is 11.0 Å². The average Bonchev–Trinajstić information content (AvgIpc) is 3.62. The molecule has 1 aliphatic heterocycles. The zero-order valence-electron chi connectivity index (χ0n) is 19.8. The number of aromatic nitrogens is 1. The van der Waals surface area contributed by atoms with Gasteiger partial charge in [-0.05, 0) is 62.1 Å². The summed E-state index contributed by atoms with van der Waals surface area (Å²) in [4.78, 5) is 43.7. The molecule has 3 aliphatic rings. The van der Waals surface area contributed by atoms with Gasteiger partial charge in [0.1, 0.15) is 29.1 Å². The standard InChI is InChI=1S/C27H30FN3O4/c1-3-17(12-15-6-5-9-22(15)32)29-26(33)25-18-8-4-7-16(18)14-31(25)27(34)21-13-19-23(35-2)11-10-20(28)24(19)30-21/h1,10-11,13,15-18,25,30H,4-9,12,14H2,2H3,(H,29,33)/t15-,16-,17+,18-,25-/m0/s1. The third kappa shape index (κ3) is 4.18. The maximum Gasteiger partial charge on any atom is 0.271 e. The van der Waals surface area contributed by atoms with Gasteiger partial charge >= 0.3 is 0 Å². The quantitative estimate of drug-likeness (QED) is 0.621. The number of ketones is 1. The van der Waals surface area contributed by atoms with Gasteiger partial charge in [-0.1, -0.05) is 12.3 Å². The molecule has 3 fully saturated rings. The van der Waals surface area contributed by atoms with Gasteiger partial charge in [-0.15, -0.1) is 6.42 Å². The van der Waals surface area contributed by atoms with Crippen LogP contribution in [0.25, 0.3) is 10.9 Å². The fourth-order valence-corrected chi connectivity index (χ4v) is 6.30. The van der Waals surface area contributed by atoms with E-state index in [2.05, 4.69) is 16.2 Å². The van der Waals surface area contributed by atoms with E-state index in [0.717, 1.165) is 32.1 Å². The summed E-state index contributed by atoms with van der Waals surface area (Å²) in [5.41, 5.74) is 0.410. The summed E-state index contributed by atoms with van der Waals surface area (Å²) < 4.78 is 19.7. The predicted molar refractivity (Wildman–Crippen MR) is 128 cm³/mol. The van der Waals surface area contributed by atoms with Crippen molar-refractivity contribution in [2.45, 2.75) is 57.0 Å². The minimum absolute atomic E-state index is 0.0566. The van der Waals surface area contributed by atoms with Crippen molar-refractivity contribution >= 4 is 28.5 Å². The summed E-state index contributed by atoms with van der Waals surface area (Å²) in [7, 11) is 1.49. The third-order valence-electron chi connectivity index (χ3n) is 8.04. The highest BCUT2D eigenvalue weighted by Crippen LogP contribution is 2.43. The lowest BCUT2D eigenvalue weighted by Gasteiger charge is -2.28. The lowest BCUT2D eigenvalue weighted by molar-refractivity contribution is -0.127. The van der Waals surface area contributed by atoms with Crippen LogP contribution in [0.15, 0.2) is 18.2 Å². The van der Waals surface area contributed by atoms with E-state index < -0.39 is 17.9 Å². The molecule has 5 rings (SSSR count). The summed E-state index contributed by atoms with van der Waals surface area (Å²) >= 11 is 0. The first-order valence-corrected chi connectivity index (χ1v) is 12.4. The third-order valence-corrected chi connectivity index (χ3v) is 8.04. The topological polar surface area (TPSA) is 91.5 Å². The van der Waals surface area contributed by atoms with Gasteiger partial charge in [-0.3, -0.25) is 14.4 Å². The molecule has 0 unspecified atom stereocenters. The van der Waals surface area contributed by atoms with Crippen molar-refractivity contribution in [3.05, 3.63) is 29.7 Å². The van der Waals surface area contributed by atoms with E-state index in [4.69, 9.17) is 11.2 Å². The zero-order valence-corrected chi connectivity index (χ0v) is 19.8. The molecule has 5 atom stereocenters. The van der Waals surface area contributed by atoms with Gasteiger partial charge in [0.05, 0.1) is 18.7 Å². The Kier molecular flexibility index (Phi) is 6.26. The molecule has 0 spiro atoms. The number of fused-ring (bicyclic) bond motifs is 2. The number of ether oxygens (including phenoxy) is 1. The van der Waals surface area contributed by atoms with Crippen LogP contribution in [0.2, 0.25) is 0 Å². The molecule has 2 amide bonds. The van der Waals surface area contributed by atoms with Gasteiger partial charge in [0, 0.05) is 24.3 Å². The zero-order chi connectivity index (χ0) is 24.7. The summed E-state index contributed by atoms with van der Waals surface area (Å²) in [6.07, 6.45) is 11.2. The van der Waals surface area contributed by atoms with E-state index in [0.29, 0.717) is 30.5 Å². The fourth-order valence-electron chi connectivity index (χ4n) is 6.30. The summed E-state index contributed by atoms with van der Waals surface area (Å²) in [5, 5.41) is 3.42. The van der Waals surface area contributed by atoms with E-state index >= 15 is 0 Å². The number of carbonyl (C=O) groups excluding carboxylic acids is 3. The number of amides is 2. The van der Waals surface area contributed by atoms with Crippen LogP contribution in [0.4, 0.5) is 4.39 Å². The van der Waals surface area contributed by atoms with Crippen molar-refractivity contribution in [1.82, 2.24) is 15.2 Å². The Morgan fingerprint density at radius 2 is 2.14 bits per heavy atom. The number of nitrogens with one attached hydrogen (secondary N) is 2. The number of Topliss-reactive ketones (excluding diaryl/α,β-unsaturated/α-hetero) is 1. The second kappa shape index (κ2) is 9.37. The Balaban J connectivity index is 1.39. The molecule has 1 aromatic carbocycles. The molecule has 2 aromatic rings. The molecule has 8 heteroatoms. The van der Waals surface area contributed by atoms with Crippen molar-refractivity contribution in [3.8, 4) is 18.1 Å². The Labute approximate surface area is 203 Å². The van der Waals surface area contributed by atoms with Crippen LogP contribution in [-0.4, -0.2) is 53.2 Å². The van der Waals surface area contributed by atoms with E-state index in [1.807, 2.05) is 0 Å². The van der Waals surface area contributed by atoms with Gasteiger partial charge in [-0.25, -0.2) is 4.39 Å². The molecule has 2 heterocycles. The molecule has 2 saturated carbocycles. The van der Waals surface area contributed by atoms with Gasteiger partial charge in [0.25, 0.3) is 5.91 Å². The highest BCUT2D eigenvalue weighted by molar-refractivity contribution is 6.02. The summed E-state index contributed by atoms with van der Waals surface area (Å²) in [6, 6.07) is 3.18. The Hall–Kier alpha value is -3.34. The molecule has 35 heavy (non-hydrogen) atoms. The number of methoxy groups -OCH3 is 1. The van der Waals surface area contributed by atoms with Crippen LogP contribution in [0.5, 0.6) is 5.75 Å². The van der Waals surface area contributed by atoms with E-state index in [1.165, 1.54) is 19.2 Å². The number of nitrogens with zero attached hydrogens (tertiary/aromatic N) is 1. The second-order valence-electron chi connectivity index (χ2n) is 10.00. The van der Waals surface area contributed by atoms with E-state index in [-0.39, 0.29) is 46.6 Å². The molecule has 1 saturated heterocycles. The number of terminal acetylenes is 1. The molecule has 7 nitrogen and oxygen atoms in total. The highest BCUT2D eigenvalue weighted by Gasteiger charge is 2.50. The molecule has 0 bridgehead atoms. The minimum atomic E-state index is -0.650. The van der Waals surface area contributed by atoms with Crippen molar-refractivity contribution in [2.24, 2.45) is 17.8 Å². The smallest absolute Gasteiger partial charge is 0.271 e. The highest BCUT2D eigenvalue weighted by atomic mass is 19.1. The number of hydrogen-bond donors (Lipinski definition) is 2. The minimum Gasteiger partial charge on any atom is -0.496 e. The van der Waals surface area contributed by atoms with Crippen molar-refractivity contribution in [1.29, 1.82) is 0 Å². The predicted octanol–water partition coefficient (Wildman–Crippen LogP) is 3.43. The van der Waals surface area contributed by atoms with Crippen molar-refractivity contribution in [3.63, 3.8) is 0 Å². The van der Waals surface area contributed by atoms with Gasteiger partial charge in [0.2, 0.25) is 5.91 Å². The second-order valence-corrected chi connectivity index (χ2v) is 10.00. The molecule has 1 aromatic heterocycles. The number of likely N-dealkylation sites (tertiary alicyclic amines) is 1. The number of carbonyl (C=O) groups is 3. The van der Waals surface area contributed by atoms with Crippen molar-refractivity contribution in [2.75, 3.05) is 13.7 Å². The van der Waals surface area contributed by atoms with Gasteiger partial charge in [0.15, 0.2) is 0 Å². The molecule has 2 aliphatic carbocycles. The first kappa shape index (κ1) is 23.4. The SMILES string of the molecule is C#C[C@H](C[C@@H]1CCCC1=O)NC(=O)[C@@H]1[C@H]2CCC[C@H]2CN1C(=O)c1cc2c(OC)ccc(F)c2[nH]1. The lowest BCUT2D eigenvalue weighted by atomic mass is 9.92. The van der Waals surface area contributed by atoms with Gasteiger partial charge in [-0.2, -0.15) is 0 Å². The van der Waals surface area contributed by atoms with Crippen molar-refractivity contribution < 1.29 is 23.5 Å². The average molecular weight is 480 g/mol. The normalized spacial score (nSPS) is 26.5. The fraction of sp³-hybridized carbons (Fsp3) is 0.519. The van der Waals surface area contributed by atoms with Gasteiger partial charge < -0.3 is 19.9 Å². The molecule has 0 radical (unpaired) electrons.